The summed E-state index contributed by atoms with van der Waals surface area (Å²) in [7, 11) is 2.17. The van der Waals surface area contributed by atoms with Crippen molar-refractivity contribution in [2.24, 2.45) is 5.73 Å². The molecular formula is C30H37N5O. The molecule has 0 spiro atoms. The number of hydrogen-bond donors (Lipinski definition) is 3. The lowest BCUT2D eigenvalue weighted by atomic mass is 9.76. The van der Waals surface area contributed by atoms with Crippen LogP contribution in [0.15, 0.2) is 72.8 Å². The molecule has 188 valence electrons. The van der Waals surface area contributed by atoms with Gasteiger partial charge in [-0.3, -0.25) is 9.69 Å². The Morgan fingerprint density at radius 2 is 1.61 bits per heavy atom. The van der Waals surface area contributed by atoms with E-state index in [0.717, 1.165) is 49.5 Å². The minimum Gasteiger partial charge on any atom is -0.377 e. The van der Waals surface area contributed by atoms with Crippen LogP contribution in [0, 0.1) is 5.41 Å². The Hall–Kier alpha value is -3.48. The molecule has 6 heteroatoms. The average Bonchev–Trinajstić information content (AvgIpc) is 2.91. The Labute approximate surface area is 214 Å². The molecule has 0 aliphatic carbocycles. The smallest absolute Gasteiger partial charge is 0.249 e. The van der Waals surface area contributed by atoms with Crippen molar-refractivity contribution in [1.29, 1.82) is 5.41 Å². The van der Waals surface area contributed by atoms with Crippen LogP contribution in [-0.2, 0) is 6.54 Å². The molecule has 0 bridgehead atoms. The van der Waals surface area contributed by atoms with Gasteiger partial charge in [-0.15, -0.1) is 0 Å². The number of hydrogen-bond acceptors (Lipinski definition) is 5. The molecule has 0 radical (unpaired) electrons. The third-order valence-corrected chi connectivity index (χ3v) is 7.03. The fraction of sp³-hybridized carbons (Fsp3) is 0.333. The van der Waals surface area contributed by atoms with Gasteiger partial charge in [-0.2, -0.15) is 0 Å². The number of fused-ring (bicyclic) bond motifs is 1. The fourth-order valence-electron chi connectivity index (χ4n) is 5.19. The zero-order chi connectivity index (χ0) is 25.7. The quantitative estimate of drug-likeness (QED) is 0.483. The lowest BCUT2D eigenvalue weighted by molar-refractivity contribution is 0.1000. The normalized spacial score (nSPS) is 20.0. The number of nitrogens with two attached hydrogens (primary N) is 1. The van der Waals surface area contributed by atoms with Crippen molar-refractivity contribution in [3.05, 3.63) is 101 Å². The summed E-state index contributed by atoms with van der Waals surface area (Å²) < 4.78 is 0. The maximum Gasteiger partial charge on any atom is 0.249 e. The van der Waals surface area contributed by atoms with Crippen LogP contribution in [0.4, 0.5) is 5.69 Å². The number of primary amides is 1. The molecule has 2 unspecified atom stereocenters. The van der Waals surface area contributed by atoms with Gasteiger partial charge in [-0.1, -0.05) is 74.5 Å². The van der Waals surface area contributed by atoms with Crippen LogP contribution in [0.5, 0.6) is 0 Å². The highest BCUT2D eigenvalue weighted by Crippen LogP contribution is 2.43. The molecule has 5 rings (SSSR count). The minimum atomic E-state index is -0.510. The van der Waals surface area contributed by atoms with Crippen LogP contribution in [0.3, 0.4) is 0 Å². The molecule has 3 aromatic rings. The largest absolute Gasteiger partial charge is 0.377 e. The number of amides is 1. The monoisotopic (exact) mass is 483 g/mol. The maximum absolute atomic E-state index is 12.2. The van der Waals surface area contributed by atoms with E-state index in [4.69, 9.17) is 5.73 Å². The van der Waals surface area contributed by atoms with Gasteiger partial charge in [0.15, 0.2) is 0 Å². The molecule has 6 nitrogen and oxygen atoms in total. The van der Waals surface area contributed by atoms with E-state index in [9.17, 15) is 10.2 Å². The molecule has 2 heterocycles. The van der Waals surface area contributed by atoms with E-state index in [0.29, 0.717) is 16.8 Å². The van der Waals surface area contributed by atoms with Crippen LogP contribution >= 0.6 is 0 Å². The predicted molar refractivity (Wildman–Crippen MR) is 148 cm³/mol. The lowest BCUT2D eigenvalue weighted by Crippen LogP contribution is -2.43. The molecule has 0 aromatic heterocycles. The Morgan fingerprint density at radius 1 is 0.944 bits per heavy atom. The van der Waals surface area contributed by atoms with Crippen molar-refractivity contribution >= 4 is 17.3 Å². The summed E-state index contributed by atoms with van der Waals surface area (Å²) in [6, 6.07) is 24.2. The molecule has 36 heavy (non-hydrogen) atoms. The Balaban J connectivity index is 0.00000148. The van der Waals surface area contributed by atoms with E-state index >= 15 is 0 Å². The zero-order valence-electron chi connectivity index (χ0n) is 21.5. The summed E-state index contributed by atoms with van der Waals surface area (Å²) in [6.07, 6.45) is 0. The number of nitrogens with zero attached hydrogens (tertiary/aromatic N) is 2. The molecule has 2 atom stereocenters. The summed E-state index contributed by atoms with van der Waals surface area (Å²) in [6.45, 7) is 9.18. The molecule has 1 amide bonds. The first-order valence-electron chi connectivity index (χ1n) is 12.8. The number of anilines is 1. The number of piperazine rings is 1. The number of nitrogens with one attached hydrogen (secondary N) is 2. The standard InChI is InChI=1S/C28H31N5O.C2H6/c1-32-13-15-33(16-14-32)18-19-7-5-10-21(17-19)24-26(29)25-22(28(30)34)11-6-12-23(25)31-27(24)20-8-3-2-4-9-20;1-2/h2-12,17,24,27,29,31H,13-16,18H2,1H3,(H2,30,34);1-2H3. The van der Waals surface area contributed by atoms with Gasteiger partial charge in [-0.05, 0) is 35.9 Å². The first-order valence-corrected chi connectivity index (χ1v) is 12.8. The topological polar surface area (TPSA) is 85.5 Å². The number of likely N-dealkylation sites (N-methyl/N-ethyl adjacent to an activating group) is 1. The van der Waals surface area contributed by atoms with E-state index in [1.165, 1.54) is 5.56 Å². The number of rotatable bonds is 5. The van der Waals surface area contributed by atoms with Crippen LogP contribution in [0.1, 0.15) is 58.4 Å². The maximum atomic E-state index is 12.2. The molecule has 2 aliphatic rings. The lowest BCUT2D eigenvalue weighted by Gasteiger charge is -2.37. The van der Waals surface area contributed by atoms with Gasteiger partial charge in [-0.25, -0.2) is 0 Å². The third kappa shape index (κ3) is 5.35. The highest BCUT2D eigenvalue weighted by molar-refractivity contribution is 6.16. The van der Waals surface area contributed by atoms with Crippen molar-refractivity contribution < 1.29 is 4.79 Å². The van der Waals surface area contributed by atoms with E-state index in [1.807, 2.05) is 44.2 Å². The second-order valence-electron chi connectivity index (χ2n) is 9.34. The summed E-state index contributed by atoms with van der Waals surface area (Å²) in [5.74, 6) is -0.757. The van der Waals surface area contributed by atoms with E-state index in [2.05, 4.69) is 58.6 Å². The van der Waals surface area contributed by atoms with Crippen molar-refractivity contribution in [2.45, 2.75) is 32.4 Å². The summed E-state index contributed by atoms with van der Waals surface area (Å²) in [5.41, 5.74) is 11.3. The molecule has 0 saturated carbocycles. The van der Waals surface area contributed by atoms with Crippen LogP contribution in [0.25, 0.3) is 0 Å². The van der Waals surface area contributed by atoms with Gasteiger partial charge in [0.1, 0.15) is 0 Å². The van der Waals surface area contributed by atoms with Gasteiger partial charge in [0, 0.05) is 44.0 Å². The van der Waals surface area contributed by atoms with Gasteiger partial charge >= 0.3 is 0 Å². The minimum absolute atomic E-state index is 0.122. The summed E-state index contributed by atoms with van der Waals surface area (Å²) in [5, 5.41) is 12.9. The van der Waals surface area contributed by atoms with Crippen LogP contribution < -0.4 is 11.1 Å². The van der Waals surface area contributed by atoms with Gasteiger partial charge < -0.3 is 21.4 Å². The average molecular weight is 484 g/mol. The fourth-order valence-corrected chi connectivity index (χ4v) is 5.19. The SMILES string of the molecule is CC.CN1CCN(Cc2cccc(C3C(=N)c4c(cccc4C(N)=O)NC3c3ccccc3)c2)CC1. The predicted octanol–water partition coefficient (Wildman–Crippen LogP) is 4.88. The Kier molecular flexibility index (Phi) is 8.18. The van der Waals surface area contributed by atoms with Crippen molar-refractivity contribution in [2.75, 3.05) is 38.5 Å². The van der Waals surface area contributed by atoms with Crippen molar-refractivity contribution in [1.82, 2.24) is 9.80 Å². The van der Waals surface area contributed by atoms with Crippen LogP contribution in [0.2, 0.25) is 0 Å². The second-order valence-corrected chi connectivity index (χ2v) is 9.34. The van der Waals surface area contributed by atoms with Gasteiger partial charge in [0.2, 0.25) is 5.91 Å². The summed E-state index contributed by atoms with van der Waals surface area (Å²) in [4.78, 5) is 17.0. The first kappa shape index (κ1) is 25.6. The number of carbonyl (C=O) groups excluding carboxylic acids is 1. The van der Waals surface area contributed by atoms with Gasteiger partial charge in [0.05, 0.1) is 23.2 Å². The van der Waals surface area contributed by atoms with Crippen molar-refractivity contribution in [3.63, 3.8) is 0 Å². The van der Waals surface area contributed by atoms with E-state index in [1.54, 1.807) is 6.07 Å². The van der Waals surface area contributed by atoms with E-state index < -0.39 is 5.91 Å². The second kappa shape index (κ2) is 11.5. The zero-order valence-corrected chi connectivity index (χ0v) is 21.5. The number of benzene rings is 3. The molecular weight excluding hydrogens is 446 g/mol. The number of carbonyl (C=O) groups is 1. The molecule has 2 aliphatic heterocycles. The first-order chi connectivity index (χ1) is 17.5. The molecule has 1 fully saturated rings. The molecule has 3 aromatic carbocycles. The Morgan fingerprint density at radius 3 is 2.31 bits per heavy atom. The molecule has 4 N–H and O–H groups in total. The third-order valence-electron chi connectivity index (χ3n) is 7.03. The Bertz CT molecular complexity index is 1200. The van der Waals surface area contributed by atoms with Crippen molar-refractivity contribution in [3.8, 4) is 0 Å². The van der Waals surface area contributed by atoms with Gasteiger partial charge in [0.25, 0.3) is 0 Å². The molecule has 1 saturated heterocycles. The summed E-state index contributed by atoms with van der Waals surface area (Å²) >= 11 is 0. The van der Waals surface area contributed by atoms with E-state index in [-0.39, 0.29) is 12.0 Å². The highest BCUT2D eigenvalue weighted by Gasteiger charge is 2.37. The van der Waals surface area contributed by atoms with Crippen LogP contribution in [-0.4, -0.2) is 54.6 Å². The highest BCUT2D eigenvalue weighted by atomic mass is 16.1.